The minimum atomic E-state index is -0.160. The van der Waals surface area contributed by atoms with Crippen molar-refractivity contribution < 1.29 is 4.79 Å². The van der Waals surface area contributed by atoms with Crippen LogP contribution in [0.5, 0.6) is 0 Å². The lowest BCUT2D eigenvalue weighted by Gasteiger charge is -2.14. The number of hydrogen-bond donors (Lipinski definition) is 2. The Morgan fingerprint density at radius 3 is 2.95 bits per heavy atom. The Bertz CT molecular complexity index is 624. The van der Waals surface area contributed by atoms with Gasteiger partial charge in [0.1, 0.15) is 5.82 Å². The van der Waals surface area contributed by atoms with Crippen molar-refractivity contribution in [3.8, 4) is 0 Å². The molecule has 1 amide bonds. The molecule has 1 heterocycles. The molecule has 2 aromatic rings. The number of carbonyl (C=O) groups is 1. The van der Waals surface area contributed by atoms with Gasteiger partial charge < -0.3 is 11.1 Å². The summed E-state index contributed by atoms with van der Waals surface area (Å²) in [7, 11) is 0. The Kier molecular flexibility index (Phi) is 2.91. The Labute approximate surface area is 111 Å². The molecular weight excluding hydrogens is 238 g/mol. The highest BCUT2D eigenvalue weighted by molar-refractivity contribution is 5.98. The number of hydrogen-bond acceptors (Lipinski definition) is 3. The maximum atomic E-state index is 12.2. The van der Waals surface area contributed by atoms with Crippen LogP contribution in [0.15, 0.2) is 42.6 Å². The maximum Gasteiger partial charge on any atom is 0.255 e. The molecule has 0 bridgehead atoms. The molecule has 96 valence electrons. The second-order valence-corrected chi connectivity index (χ2v) is 4.70. The number of anilines is 1. The topological polar surface area (TPSA) is 68.0 Å². The van der Waals surface area contributed by atoms with E-state index in [0.29, 0.717) is 5.56 Å². The lowest BCUT2D eigenvalue weighted by Crippen LogP contribution is -2.28. The van der Waals surface area contributed by atoms with Gasteiger partial charge in [-0.25, -0.2) is 4.98 Å². The van der Waals surface area contributed by atoms with Gasteiger partial charge in [0.05, 0.1) is 11.6 Å². The van der Waals surface area contributed by atoms with Gasteiger partial charge in [0.25, 0.3) is 5.91 Å². The number of nitrogens with two attached hydrogens (primary N) is 1. The third kappa shape index (κ3) is 2.17. The van der Waals surface area contributed by atoms with Crippen LogP contribution in [-0.4, -0.2) is 10.9 Å². The van der Waals surface area contributed by atoms with E-state index in [9.17, 15) is 4.79 Å². The summed E-state index contributed by atoms with van der Waals surface area (Å²) in [5, 5.41) is 3.03. The number of carbonyl (C=O) groups excluding carboxylic acids is 1. The first-order chi connectivity index (χ1) is 9.25. The van der Waals surface area contributed by atoms with E-state index in [1.54, 1.807) is 18.3 Å². The fraction of sp³-hybridized carbons (Fsp3) is 0.200. The van der Waals surface area contributed by atoms with Crippen LogP contribution in [0.1, 0.15) is 33.9 Å². The number of nitrogens with zero attached hydrogens (tertiary/aromatic N) is 1. The lowest BCUT2D eigenvalue weighted by atomic mass is 10.1. The van der Waals surface area contributed by atoms with Gasteiger partial charge in [0.2, 0.25) is 0 Å². The molecule has 0 saturated heterocycles. The number of aromatic nitrogens is 1. The molecule has 0 saturated carbocycles. The monoisotopic (exact) mass is 253 g/mol. The van der Waals surface area contributed by atoms with Crippen molar-refractivity contribution in [3.05, 3.63) is 59.3 Å². The minimum absolute atomic E-state index is 0.0725. The number of fused-ring (bicyclic) bond motifs is 1. The third-order valence-corrected chi connectivity index (χ3v) is 3.52. The highest BCUT2D eigenvalue weighted by Gasteiger charge is 2.24. The van der Waals surface area contributed by atoms with Crippen molar-refractivity contribution >= 4 is 11.7 Å². The Balaban J connectivity index is 1.81. The number of nitrogens with one attached hydrogen (secondary N) is 1. The average molecular weight is 253 g/mol. The Hall–Kier alpha value is -2.36. The van der Waals surface area contributed by atoms with E-state index in [1.165, 1.54) is 11.1 Å². The van der Waals surface area contributed by atoms with Gasteiger partial charge in [-0.3, -0.25) is 4.79 Å². The van der Waals surface area contributed by atoms with Crippen molar-refractivity contribution in [2.75, 3.05) is 5.73 Å². The van der Waals surface area contributed by atoms with Gasteiger partial charge in [0, 0.05) is 6.20 Å². The van der Waals surface area contributed by atoms with Crippen molar-refractivity contribution in [1.82, 2.24) is 10.3 Å². The zero-order chi connectivity index (χ0) is 13.2. The fourth-order valence-electron chi connectivity index (χ4n) is 2.55. The fourth-order valence-corrected chi connectivity index (χ4v) is 2.55. The summed E-state index contributed by atoms with van der Waals surface area (Å²) in [6, 6.07) is 11.7. The van der Waals surface area contributed by atoms with Crippen molar-refractivity contribution in [3.63, 3.8) is 0 Å². The molecule has 4 heteroatoms. The van der Waals surface area contributed by atoms with Crippen LogP contribution in [0.2, 0.25) is 0 Å². The van der Waals surface area contributed by atoms with E-state index in [0.717, 1.165) is 12.8 Å². The summed E-state index contributed by atoms with van der Waals surface area (Å²) in [6.07, 6.45) is 3.52. The van der Waals surface area contributed by atoms with E-state index >= 15 is 0 Å². The molecule has 1 unspecified atom stereocenters. The molecule has 1 aliphatic rings. The van der Waals surface area contributed by atoms with Crippen molar-refractivity contribution in [2.24, 2.45) is 0 Å². The van der Waals surface area contributed by atoms with Gasteiger partial charge in [-0.05, 0) is 36.1 Å². The van der Waals surface area contributed by atoms with E-state index in [4.69, 9.17) is 5.73 Å². The maximum absolute atomic E-state index is 12.2. The number of pyridine rings is 1. The summed E-state index contributed by atoms with van der Waals surface area (Å²) in [5.41, 5.74) is 8.67. The predicted octanol–water partition coefficient (Wildman–Crippen LogP) is 2.08. The molecule has 1 aromatic heterocycles. The molecule has 0 fully saturated rings. The molecule has 3 rings (SSSR count). The van der Waals surface area contributed by atoms with Gasteiger partial charge in [-0.15, -0.1) is 0 Å². The van der Waals surface area contributed by atoms with Crippen LogP contribution < -0.4 is 11.1 Å². The molecule has 3 N–H and O–H groups in total. The number of nitrogen functional groups attached to an aromatic ring is 1. The smallest absolute Gasteiger partial charge is 0.255 e. The molecule has 1 atom stereocenters. The number of aryl methyl sites for hydroxylation is 1. The van der Waals surface area contributed by atoms with Crippen LogP contribution in [0, 0.1) is 0 Å². The van der Waals surface area contributed by atoms with Crippen molar-refractivity contribution in [1.29, 1.82) is 0 Å². The van der Waals surface area contributed by atoms with Gasteiger partial charge in [0.15, 0.2) is 0 Å². The molecule has 0 spiro atoms. The summed E-state index contributed by atoms with van der Waals surface area (Å²) in [5.74, 6) is 0.110. The van der Waals surface area contributed by atoms with Gasteiger partial charge in [-0.2, -0.15) is 0 Å². The number of benzene rings is 1. The van der Waals surface area contributed by atoms with Crippen LogP contribution >= 0.6 is 0 Å². The Morgan fingerprint density at radius 2 is 2.11 bits per heavy atom. The van der Waals surface area contributed by atoms with Crippen molar-refractivity contribution in [2.45, 2.75) is 18.9 Å². The standard InChI is InChI=1S/C15H15N3O/c16-14-12(6-3-9-17-14)15(19)18-13-8-7-10-4-1-2-5-11(10)13/h1-6,9,13H,7-8H2,(H2,16,17)(H,18,19). The molecule has 0 aliphatic heterocycles. The molecule has 19 heavy (non-hydrogen) atoms. The first-order valence-electron chi connectivity index (χ1n) is 6.35. The van der Waals surface area contributed by atoms with Gasteiger partial charge in [-0.1, -0.05) is 24.3 Å². The first-order valence-corrected chi connectivity index (χ1v) is 6.35. The largest absolute Gasteiger partial charge is 0.383 e. The van der Waals surface area contributed by atoms with E-state index in [-0.39, 0.29) is 17.8 Å². The van der Waals surface area contributed by atoms with E-state index < -0.39 is 0 Å². The molecular formula is C15H15N3O. The number of rotatable bonds is 2. The average Bonchev–Trinajstić information content (AvgIpc) is 2.83. The highest BCUT2D eigenvalue weighted by Crippen LogP contribution is 2.30. The van der Waals surface area contributed by atoms with Gasteiger partial charge >= 0.3 is 0 Å². The SMILES string of the molecule is Nc1ncccc1C(=O)NC1CCc2ccccc21. The molecule has 0 radical (unpaired) electrons. The first kappa shape index (κ1) is 11.7. The summed E-state index contributed by atoms with van der Waals surface area (Å²) >= 11 is 0. The molecule has 1 aromatic carbocycles. The quantitative estimate of drug-likeness (QED) is 0.861. The van der Waals surface area contributed by atoms with Crippen LogP contribution in [0.25, 0.3) is 0 Å². The third-order valence-electron chi connectivity index (χ3n) is 3.52. The highest BCUT2D eigenvalue weighted by atomic mass is 16.1. The van der Waals surface area contributed by atoms with E-state index in [2.05, 4.69) is 22.4 Å². The summed E-state index contributed by atoms with van der Waals surface area (Å²) in [6.45, 7) is 0. The zero-order valence-corrected chi connectivity index (χ0v) is 10.5. The van der Waals surface area contributed by atoms with Crippen LogP contribution in [0.4, 0.5) is 5.82 Å². The Morgan fingerprint density at radius 1 is 1.26 bits per heavy atom. The molecule has 1 aliphatic carbocycles. The van der Waals surface area contributed by atoms with Crippen LogP contribution in [-0.2, 0) is 6.42 Å². The van der Waals surface area contributed by atoms with E-state index in [1.807, 2.05) is 12.1 Å². The summed E-state index contributed by atoms with van der Waals surface area (Å²) < 4.78 is 0. The normalized spacial score (nSPS) is 16.9. The minimum Gasteiger partial charge on any atom is -0.383 e. The second kappa shape index (κ2) is 4.72. The summed E-state index contributed by atoms with van der Waals surface area (Å²) in [4.78, 5) is 16.1. The predicted molar refractivity (Wildman–Crippen MR) is 73.6 cm³/mol. The molecule has 4 nitrogen and oxygen atoms in total. The van der Waals surface area contributed by atoms with Crippen LogP contribution in [0.3, 0.4) is 0 Å². The lowest BCUT2D eigenvalue weighted by molar-refractivity contribution is 0.0937. The zero-order valence-electron chi connectivity index (χ0n) is 10.5. The number of amides is 1. The second-order valence-electron chi connectivity index (χ2n) is 4.70.